The number of rotatable bonds is 5. The summed E-state index contributed by atoms with van der Waals surface area (Å²) >= 11 is 8.14. The summed E-state index contributed by atoms with van der Waals surface area (Å²) in [5.74, 6) is 1.60. The lowest BCUT2D eigenvalue weighted by atomic mass is 10.0. The minimum absolute atomic E-state index is 0.0949. The molecule has 1 atom stereocenters. The largest absolute Gasteiger partial charge is 0.493 e. The van der Waals surface area contributed by atoms with Gasteiger partial charge in [-0.2, -0.15) is 10.1 Å². The molecule has 9 heteroatoms. The number of nitrogens with zero attached hydrogens (tertiary/aromatic N) is 3. The van der Waals surface area contributed by atoms with Gasteiger partial charge in [0.05, 0.1) is 23.1 Å². The number of hydrogen-bond acceptors (Lipinski definition) is 5. The standard InChI is InChI=1S/C19H16ClIN4O3/c1-27-16-7-12(15-8-17(26)24-19-22-10-23-25(15)19)6-14(21)18(16)28-9-11-2-4-13(20)5-3-11/h2-7,10,15H,8-9H2,1H3,(H,22,23,24,26)/t15-/m0/s1. The molecule has 0 fully saturated rings. The first-order valence-electron chi connectivity index (χ1n) is 8.49. The van der Waals surface area contributed by atoms with Gasteiger partial charge in [-0.05, 0) is 58.0 Å². The summed E-state index contributed by atoms with van der Waals surface area (Å²) in [6, 6.07) is 11.1. The quantitative estimate of drug-likeness (QED) is 0.524. The van der Waals surface area contributed by atoms with Crippen LogP contribution in [-0.4, -0.2) is 27.8 Å². The Labute approximate surface area is 180 Å². The molecule has 2 heterocycles. The Balaban J connectivity index is 1.63. The second-order valence-corrected chi connectivity index (χ2v) is 7.84. The first-order valence-corrected chi connectivity index (χ1v) is 9.95. The van der Waals surface area contributed by atoms with E-state index in [1.165, 1.54) is 6.33 Å². The SMILES string of the molecule is COc1cc([C@@H]2CC(=O)Nc3ncnn32)cc(I)c1OCc1ccc(Cl)cc1. The van der Waals surface area contributed by atoms with Gasteiger partial charge in [-0.25, -0.2) is 4.68 Å². The average Bonchev–Trinajstić information content (AvgIpc) is 3.15. The Morgan fingerprint density at radius 1 is 1.32 bits per heavy atom. The molecule has 1 aliphatic rings. The number of ether oxygens (including phenoxy) is 2. The predicted octanol–water partition coefficient (Wildman–Crippen LogP) is 4.06. The summed E-state index contributed by atoms with van der Waals surface area (Å²) in [4.78, 5) is 16.1. The fourth-order valence-corrected chi connectivity index (χ4v) is 3.98. The lowest BCUT2D eigenvalue weighted by molar-refractivity contribution is -0.117. The van der Waals surface area contributed by atoms with Gasteiger partial charge in [-0.1, -0.05) is 23.7 Å². The number of fused-ring (bicyclic) bond motifs is 1. The molecule has 0 unspecified atom stereocenters. The Hall–Kier alpha value is -2.33. The van der Waals surface area contributed by atoms with Crippen LogP contribution in [0.1, 0.15) is 23.6 Å². The number of benzene rings is 2. The van der Waals surface area contributed by atoms with Crippen LogP contribution >= 0.6 is 34.2 Å². The highest BCUT2D eigenvalue weighted by Gasteiger charge is 2.29. The number of aromatic nitrogens is 3. The molecular formula is C19H16ClIN4O3. The van der Waals surface area contributed by atoms with E-state index < -0.39 is 0 Å². The van der Waals surface area contributed by atoms with Gasteiger partial charge in [0, 0.05) is 5.02 Å². The van der Waals surface area contributed by atoms with Crippen molar-refractivity contribution in [2.24, 2.45) is 0 Å². The Kier molecular flexibility index (Phi) is 5.40. The van der Waals surface area contributed by atoms with Crippen LogP contribution < -0.4 is 14.8 Å². The van der Waals surface area contributed by atoms with E-state index in [2.05, 4.69) is 38.0 Å². The van der Waals surface area contributed by atoms with Gasteiger partial charge in [0.2, 0.25) is 11.9 Å². The fourth-order valence-electron chi connectivity index (χ4n) is 3.07. The van der Waals surface area contributed by atoms with E-state index in [0.717, 1.165) is 14.7 Å². The van der Waals surface area contributed by atoms with Crippen molar-refractivity contribution in [1.29, 1.82) is 0 Å². The molecule has 28 heavy (non-hydrogen) atoms. The van der Waals surface area contributed by atoms with E-state index in [9.17, 15) is 4.79 Å². The van der Waals surface area contributed by atoms with Gasteiger partial charge in [0.1, 0.15) is 12.9 Å². The summed E-state index contributed by atoms with van der Waals surface area (Å²) in [6.07, 6.45) is 1.71. The summed E-state index contributed by atoms with van der Waals surface area (Å²) in [5.41, 5.74) is 1.91. The molecule has 2 aromatic carbocycles. The second kappa shape index (κ2) is 7.96. The van der Waals surface area contributed by atoms with Crippen LogP contribution in [0.4, 0.5) is 5.95 Å². The predicted molar refractivity (Wildman–Crippen MR) is 113 cm³/mol. The van der Waals surface area contributed by atoms with Crippen molar-refractivity contribution in [3.63, 3.8) is 0 Å². The fraction of sp³-hybridized carbons (Fsp3) is 0.211. The number of carbonyl (C=O) groups is 1. The van der Waals surface area contributed by atoms with Crippen molar-refractivity contribution >= 4 is 46.0 Å². The second-order valence-electron chi connectivity index (χ2n) is 6.25. The van der Waals surface area contributed by atoms with Crippen LogP contribution in [0, 0.1) is 3.57 Å². The van der Waals surface area contributed by atoms with Gasteiger partial charge in [-0.3, -0.25) is 10.1 Å². The van der Waals surface area contributed by atoms with Crippen LogP contribution in [0.25, 0.3) is 0 Å². The van der Waals surface area contributed by atoms with Gasteiger partial charge in [0.15, 0.2) is 11.5 Å². The highest BCUT2D eigenvalue weighted by molar-refractivity contribution is 14.1. The third kappa shape index (κ3) is 3.79. The molecule has 3 aromatic rings. The van der Waals surface area contributed by atoms with E-state index >= 15 is 0 Å². The number of nitrogens with one attached hydrogen (secondary N) is 1. The summed E-state index contributed by atoms with van der Waals surface area (Å²) in [6.45, 7) is 0.391. The summed E-state index contributed by atoms with van der Waals surface area (Å²) < 4.78 is 14.2. The summed E-state index contributed by atoms with van der Waals surface area (Å²) in [7, 11) is 1.60. The molecule has 1 N–H and O–H groups in total. The molecule has 0 spiro atoms. The van der Waals surface area contributed by atoms with Crippen LogP contribution in [0.3, 0.4) is 0 Å². The lowest BCUT2D eigenvalue weighted by Gasteiger charge is -2.25. The highest BCUT2D eigenvalue weighted by Crippen LogP contribution is 2.39. The maximum Gasteiger partial charge on any atom is 0.229 e. The average molecular weight is 511 g/mol. The normalized spacial score (nSPS) is 15.7. The minimum Gasteiger partial charge on any atom is -0.493 e. The van der Waals surface area contributed by atoms with Crippen molar-refractivity contribution in [1.82, 2.24) is 14.8 Å². The topological polar surface area (TPSA) is 78.3 Å². The molecule has 0 aliphatic carbocycles. The van der Waals surface area contributed by atoms with Gasteiger partial charge >= 0.3 is 0 Å². The maximum absolute atomic E-state index is 12.0. The number of carbonyl (C=O) groups excluding carboxylic acids is 1. The first-order chi connectivity index (χ1) is 13.5. The molecule has 4 rings (SSSR count). The van der Waals surface area contributed by atoms with Crippen LogP contribution in [0.5, 0.6) is 11.5 Å². The third-order valence-corrected chi connectivity index (χ3v) is 5.48. The molecule has 0 bridgehead atoms. The molecule has 144 valence electrons. The monoisotopic (exact) mass is 510 g/mol. The molecule has 1 amide bonds. The molecule has 1 aromatic heterocycles. The van der Waals surface area contributed by atoms with Gasteiger partial charge < -0.3 is 9.47 Å². The zero-order chi connectivity index (χ0) is 19.7. The Morgan fingerprint density at radius 2 is 2.11 bits per heavy atom. The number of hydrogen-bond donors (Lipinski definition) is 1. The highest BCUT2D eigenvalue weighted by atomic mass is 127. The molecule has 0 saturated carbocycles. The van der Waals surface area contributed by atoms with E-state index in [1.807, 2.05) is 36.4 Å². The number of amides is 1. The Morgan fingerprint density at radius 3 is 2.86 bits per heavy atom. The van der Waals surface area contributed by atoms with E-state index in [-0.39, 0.29) is 18.4 Å². The van der Waals surface area contributed by atoms with E-state index in [4.69, 9.17) is 21.1 Å². The molecular weight excluding hydrogens is 495 g/mol. The first kappa shape index (κ1) is 19.0. The molecule has 7 nitrogen and oxygen atoms in total. The van der Waals surface area contributed by atoms with Gasteiger partial charge in [0.25, 0.3) is 0 Å². The lowest BCUT2D eigenvalue weighted by Crippen LogP contribution is -2.29. The van der Waals surface area contributed by atoms with Crippen molar-refractivity contribution in [2.75, 3.05) is 12.4 Å². The van der Waals surface area contributed by atoms with Crippen LogP contribution in [0.2, 0.25) is 5.02 Å². The van der Waals surface area contributed by atoms with Crippen molar-refractivity contribution in [2.45, 2.75) is 19.1 Å². The molecule has 1 aliphatic heterocycles. The van der Waals surface area contributed by atoms with Crippen molar-refractivity contribution in [3.8, 4) is 11.5 Å². The van der Waals surface area contributed by atoms with E-state index in [1.54, 1.807) is 11.8 Å². The molecule has 0 radical (unpaired) electrons. The number of anilines is 1. The smallest absolute Gasteiger partial charge is 0.229 e. The van der Waals surface area contributed by atoms with Crippen molar-refractivity contribution < 1.29 is 14.3 Å². The third-order valence-electron chi connectivity index (χ3n) is 4.43. The maximum atomic E-state index is 12.0. The summed E-state index contributed by atoms with van der Waals surface area (Å²) in [5, 5.41) is 7.65. The van der Waals surface area contributed by atoms with Crippen LogP contribution in [0.15, 0.2) is 42.7 Å². The zero-order valence-corrected chi connectivity index (χ0v) is 17.8. The minimum atomic E-state index is -0.251. The zero-order valence-electron chi connectivity index (χ0n) is 14.9. The number of methoxy groups -OCH3 is 1. The van der Waals surface area contributed by atoms with Crippen LogP contribution in [-0.2, 0) is 11.4 Å². The molecule has 0 saturated heterocycles. The van der Waals surface area contributed by atoms with Crippen molar-refractivity contribution in [3.05, 3.63) is 62.4 Å². The number of halogens is 2. The van der Waals surface area contributed by atoms with E-state index in [0.29, 0.717) is 29.1 Å². The van der Waals surface area contributed by atoms with Gasteiger partial charge in [-0.15, -0.1) is 0 Å². The Bertz CT molecular complexity index is 1020.